The molecule has 3 rings (SSSR count). The quantitative estimate of drug-likeness (QED) is 0.943. The number of carbonyl (C=O) groups excluding carboxylic acids is 1. The maximum Gasteiger partial charge on any atom is 0.254 e. The molecule has 0 saturated carbocycles. The number of hydrogen-bond acceptors (Lipinski definition) is 4. The fourth-order valence-corrected chi connectivity index (χ4v) is 3.19. The van der Waals surface area contributed by atoms with Crippen molar-refractivity contribution in [3.8, 4) is 5.75 Å². The Labute approximate surface area is 134 Å². The second kappa shape index (κ2) is 6.94. The molecule has 0 aliphatic carbocycles. The van der Waals surface area contributed by atoms with E-state index in [4.69, 9.17) is 4.74 Å². The summed E-state index contributed by atoms with van der Waals surface area (Å²) in [5.74, 6) is 0.817. The van der Waals surface area contributed by atoms with Gasteiger partial charge in [0.1, 0.15) is 12.4 Å². The average molecular weight is 316 g/mol. The third kappa shape index (κ3) is 3.48. The van der Waals surface area contributed by atoms with Crippen LogP contribution in [0.5, 0.6) is 5.75 Å². The first-order chi connectivity index (χ1) is 10.7. The van der Waals surface area contributed by atoms with Gasteiger partial charge in [-0.25, -0.2) is 0 Å². The Bertz CT molecular complexity index is 627. The predicted octanol–water partition coefficient (Wildman–Crippen LogP) is 2.76. The third-order valence-corrected chi connectivity index (χ3v) is 4.65. The van der Waals surface area contributed by atoms with E-state index >= 15 is 0 Å². The van der Waals surface area contributed by atoms with Crippen molar-refractivity contribution < 1.29 is 9.53 Å². The Kier molecular flexibility index (Phi) is 4.75. The van der Waals surface area contributed by atoms with Crippen LogP contribution in [0.15, 0.2) is 41.8 Å². The summed E-state index contributed by atoms with van der Waals surface area (Å²) in [5, 5.41) is 5.33. The standard InChI is InChI=1S/C17H20N2O2S/c1-13-11-18-7-8-19(13)17(20)14-4-2-5-15(10-14)21-12-16-6-3-9-22-16/h2-6,9-10,13,18H,7-8,11-12H2,1H3/t13-/m1/s1. The molecule has 1 aliphatic rings. The summed E-state index contributed by atoms with van der Waals surface area (Å²) >= 11 is 1.67. The largest absolute Gasteiger partial charge is 0.488 e. The molecule has 1 saturated heterocycles. The Morgan fingerprint density at radius 3 is 3.09 bits per heavy atom. The van der Waals surface area contributed by atoms with Gasteiger partial charge in [0.25, 0.3) is 5.91 Å². The molecule has 4 nitrogen and oxygen atoms in total. The van der Waals surface area contributed by atoms with Crippen LogP contribution in [0.2, 0.25) is 0 Å². The van der Waals surface area contributed by atoms with E-state index in [0.717, 1.165) is 25.4 Å². The molecule has 5 heteroatoms. The number of thiophene rings is 1. The molecule has 0 bridgehead atoms. The first kappa shape index (κ1) is 15.1. The Morgan fingerprint density at radius 2 is 2.32 bits per heavy atom. The molecule has 2 heterocycles. The van der Waals surface area contributed by atoms with E-state index in [2.05, 4.69) is 12.2 Å². The van der Waals surface area contributed by atoms with Crippen molar-refractivity contribution in [3.05, 3.63) is 52.2 Å². The van der Waals surface area contributed by atoms with Crippen LogP contribution in [0.25, 0.3) is 0 Å². The molecule has 2 aromatic rings. The third-order valence-electron chi connectivity index (χ3n) is 3.80. The zero-order valence-corrected chi connectivity index (χ0v) is 13.4. The van der Waals surface area contributed by atoms with E-state index in [0.29, 0.717) is 12.2 Å². The maximum atomic E-state index is 12.6. The first-order valence-electron chi connectivity index (χ1n) is 7.51. The topological polar surface area (TPSA) is 41.6 Å². The van der Waals surface area contributed by atoms with Crippen LogP contribution in [0.4, 0.5) is 0 Å². The minimum absolute atomic E-state index is 0.0792. The van der Waals surface area contributed by atoms with Crippen molar-refractivity contribution in [1.29, 1.82) is 0 Å². The number of nitrogens with zero attached hydrogens (tertiary/aromatic N) is 1. The number of ether oxygens (including phenoxy) is 1. The minimum Gasteiger partial charge on any atom is -0.488 e. The fourth-order valence-electron chi connectivity index (χ4n) is 2.58. The Morgan fingerprint density at radius 1 is 1.41 bits per heavy atom. The zero-order chi connectivity index (χ0) is 15.4. The van der Waals surface area contributed by atoms with E-state index in [9.17, 15) is 4.79 Å². The van der Waals surface area contributed by atoms with E-state index < -0.39 is 0 Å². The van der Waals surface area contributed by atoms with Crippen molar-refractivity contribution in [1.82, 2.24) is 10.2 Å². The van der Waals surface area contributed by atoms with Gasteiger partial charge in [0.15, 0.2) is 0 Å². The van der Waals surface area contributed by atoms with Crippen molar-refractivity contribution in [2.45, 2.75) is 19.6 Å². The van der Waals surface area contributed by atoms with Crippen LogP contribution < -0.4 is 10.1 Å². The summed E-state index contributed by atoms with van der Waals surface area (Å²) in [6.45, 7) is 5.06. The number of amides is 1. The Hall–Kier alpha value is -1.85. The van der Waals surface area contributed by atoms with Gasteiger partial charge in [-0.15, -0.1) is 11.3 Å². The molecule has 1 atom stereocenters. The summed E-state index contributed by atoms with van der Waals surface area (Å²) in [4.78, 5) is 15.7. The summed E-state index contributed by atoms with van der Waals surface area (Å²) in [5.41, 5.74) is 0.692. The lowest BCUT2D eigenvalue weighted by Gasteiger charge is -2.34. The molecule has 0 radical (unpaired) electrons. The van der Waals surface area contributed by atoms with Gasteiger partial charge in [-0.2, -0.15) is 0 Å². The molecule has 1 aromatic carbocycles. The number of carbonyl (C=O) groups is 1. The predicted molar refractivity (Wildman–Crippen MR) is 88.5 cm³/mol. The van der Waals surface area contributed by atoms with Gasteiger partial charge in [0, 0.05) is 36.1 Å². The monoisotopic (exact) mass is 316 g/mol. The molecule has 1 amide bonds. The van der Waals surface area contributed by atoms with Gasteiger partial charge < -0.3 is 15.0 Å². The van der Waals surface area contributed by atoms with Gasteiger partial charge in [-0.3, -0.25) is 4.79 Å². The van der Waals surface area contributed by atoms with Gasteiger partial charge >= 0.3 is 0 Å². The Balaban J connectivity index is 1.68. The average Bonchev–Trinajstić information content (AvgIpc) is 3.06. The van der Waals surface area contributed by atoms with Crippen molar-refractivity contribution in [3.63, 3.8) is 0 Å². The highest BCUT2D eigenvalue weighted by Gasteiger charge is 2.24. The zero-order valence-electron chi connectivity index (χ0n) is 12.6. The molecule has 116 valence electrons. The molecule has 1 aliphatic heterocycles. The lowest BCUT2D eigenvalue weighted by molar-refractivity contribution is 0.0655. The van der Waals surface area contributed by atoms with Gasteiger partial charge in [-0.1, -0.05) is 12.1 Å². The highest BCUT2D eigenvalue weighted by Crippen LogP contribution is 2.19. The second-order valence-corrected chi connectivity index (χ2v) is 6.48. The molecule has 0 unspecified atom stereocenters. The molecule has 22 heavy (non-hydrogen) atoms. The van der Waals surface area contributed by atoms with Gasteiger partial charge in [0.05, 0.1) is 0 Å². The lowest BCUT2D eigenvalue weighted by atomic mass is 10.1. The van der Waals surface area contributed by atoms with Crippen LogP contribution in [0.3, 0.4) is 0 Å². The van der Waals surface area contributed by atoms with Crippen molar-refractivity contribution in [2.75, 3.05) is 19.6 Å². The normalized spacial score (nSPS) is 18.2. The summed E-state index contributed by atoms with van der Waals surface area (Å²) in [6, 6.07) is 11.7. The van der Waals surface area contributed by atoms with Crippen molar-refractivity contribution in [2.24, 2.45) is 0 Å². The number of benzene rings is 1. The van der Waals surface area contributed by atoms with Gasteiger partial charge in [-0.05, 0) is 36.6 Å². The number of piperazine rings is 1. The smallest absolute Gasteiger partial charge is 0.254 e. The fraction of sp³-hybridized carbons (Fsp3) is 0.353. The van der Waals surface area contributed by atoms with E-state index in [1.54, 1.807) is 11.3 Å². The highest BCUT2D eigenvalue weighted by atomic mass is 32.1. The van der Waals surface area contributed by atoms with Crippen molar-refractivity contribution >= 4 is 17.2 Å². The van der Waals surface area contributed by atoms with Crippen LogP contribution in [-0.4, -0.2) is 36.5 Å². The minimum atomic E-state index is 0.0792. The molecule has 0 spiro atoms. The summed E-state index contributed by atoms with van der Waals surface area (Å²) in [6.07, 6.45) is 0. The summed E-state index contributed by atoms with van der Waals surface area (Å²) < 4.78 is 5.78. The molecular formula is C17H20N2O2S. The SMILES string of the molecule is C[C@@H]1CNCCN1C(=O)c1cccc(OCc2cccs2)c1. The lowest BCUT2D eigenvalue weighted by Crippen LogP contribution is -2.52. The first-order valence-corrected chi connectivity index (χ1v) is 8.39. The van der Waals surface area contributed by atoms with Gasteiger partial charge in [0.2, 0.25) is 0 Å². The van der Waals surface area contributed by atoms with E-state index in [1.807, 2.05) is 46.7 Å². The maximum absolute atomic E-state index is 12.6. The van der Waals surface area contributed by atoms with Crippen LogP contribution >= 0.6 is 11.3 Å². The number of rotatable bonds is 4. The van der Waals surface area contributed by atoms with E-state index in [-0.39, 0.29) is 11.9 Å². The summed E-state index contributed by atoms with van der Waals surface area (Å²) in [7, 11) is 0. The highest BCUT2D eigenvalue weighted by molar-refractivity contribution is 7.09. The number of hydrogen-bond donors (Lipinski definition) is 1. The number of nitrogens with one attached hydrogen (secondary N) is 1. The molecule has 1 N–H and O–H groups in total. The molecule has 1 fully saturated rings. The molecular weight excluding hydrogens is 296 g/mol. The molecule has 1 aromatic heterocycles. The van der Waals surface area contributed by atoms with Crippen LogP contribution in [0.1, 0.15) is 22.2 Å². The van der Waals surface area contributed by atoms with Crippen LogP contribution in [-0.2, 0) is 6.61 Å². The van der Waals surface area contributed by atoms with Crippen LogP contribution in [0, 0.1) is 0 Å². The second-order valence-electron chi connectivity index (χ2n) is 5.45. The van der Waals surface area contributed by atoms with E-state index in [1.165, 1.54) is 4.88 Å².